The van der Waals surface area contributed by atoms with Crippen molar-refractivity contribution in [1.82, 2.24) is 4.98 Å². The highest BCUT2D eigenvalue weighted by atomic mass is 35.5. The van der Waals surface area contributed by atoms with Crippen molar-refractivity contribution >= 4 is 34.5 Å². The Balaban J connectivity index is 1.55. The second-order valence-corrected chi connectivity index (χ2v) is 6.62. The summed E-state index contributed by atoms with van der Waals surface area (Å²) < 4.78 is 5.41. The van der Waals surface area contributed by atoms with Crippen LogP contribution in [-0.4, -0.2) is 17.5 Å². The first kappa shape index (κ1) is 16.5. The zero-order valence-electron chi connectivity index (χ0n) is 13.0. The second-order valence-electron chi connectivity index (χ2n) is 5.12. The maximum Gasteiger partial charge on any atom is 0.262 e. The van der Waals surface area contributed by atoms with E-state index in [9.17, 15) is 4.79 Å². The quantitative estimate of drug-likeness (QED) is 0.713. The van der Waals surface area contributed by atoms with Gasteiger partial charge in [0.1, 0.15) is 5.75 Å². The minimum absolute atomic E-state index is 0.0608. The predicted octanol–water partition coefficient (Wildman–Crippen LogP) is 4.79. The molecular formula is C18H15ClN2O2S. The molecule has 0 atom stereocenters. The lowest BCUT2D eigenvalue weighted by Gasteiger charge is -2.08. The molecule has 4 nitrogen and oxygen atoms in total. The Morgan fingerprint density at radius 3 is 2.50 bits per heavy atom. The molecule has 0 unspecified atom stereocenters. The monoisotopic (exact) mass is 358 g/mol. The number of thiazole rings is 1. The van der Waals surface area contributed by atoms with E-state index in [1.54, 1.807) is 35.6 Å². The van der Waals surface area contributed by atoms with Crippen molar-refractivity contribution in [2.24, 2.45) is 0 Å². The summed E-state index contributed by atoms with van der Waals surface area (Å²) >= 11 is 7.42. The molecule has 3 aromatic rings. The Hall–Kier alpha value is -2.37. The molecule has 0 radical (unpaired) electrons. The van der Waals surface area contributed by atoms with Gasteiger partial charge < -0.3 is 10.1 Å². The van der Waals surface area contributed by atoms with Crippen molar-refractivity contribution in [1.29, 1.82) is 0 Å². The van der Waals surface area contributed by atoms with Crippen molar-refractivity contribution < 1.29 is 9.53 Å². The van der Waals surface area contributed by atoms with E-state index < -0.39 is 0 Å². The van der Waals surface area contributed by atoms with E-state index in [1.165, 1.54) is 0 Å². The molecule has 24 heavy (non-hydrogen) atoms. The van der Waals surface area contributed by atoms with Gasteiger partial charge in [-0.2, -0.15) is 0 Å². The Morgan fingerprint density at radius 2 is 1.88 bits per heavy atom. The van der Waals surface area contributed by atoms with Crippen LogP contribution in [-0.2, 0) is 4.79 Å². The fourth-order valence-electron chi connectivity index (χ4n) is 2.10. The number of amides is 1. The highest BCUT2D eigenvalue weighted by molar-refractivity contribution is 7.09. The van der Waals surface area contributed by atoms with Gasteiger partial charge in [0.15, 0.2) is 6.61 Å². The number of carbonyl (C=O) groups excluding carboxylic acids is 1. The molecule has 1 heterocycles. The Labute approximate surface area is 149 Å². The Morgan fingerprint density at radius 1 is 1.17 bits per heavy atom. The number of carbonyl (C=O) groups is 1. The molecule has 0 bridgehead atoms. The first-order valence-electron chi connectivity index (χ1n) is 7.31. The number of anilines is 1. The fraction of sp³-hybridized carbons (Fsp3) is 0.111. The molecule has 0 spiro atoms. The van der Waals surface area contributed by atoms with Gasteiger partial charge in [0.2, 0.25) is 0 Å². The SMILES string of the molecule is Cc1nc(-c2ccc(NC(=O)COc3ccc(Cl)cc3)cc2)cs1. The molecule has 0 aliphatic heterocycles. The van der Waals surface area contributed by atoms with Crippen molar-refractivity contribution in [2.45, 2.75) is 6.92 Å². The van der Waals surface area contributed by atoms with Crippen LogP contribution in [0.4, 0.5) is 5.69 Å². The highest BCUT2D eigenvalue weighted by Crippen LogP contribution is 2.23. The number of aromatic nitrogens is 1. The Bertz CT molecular complexity index is 829. The third-order valence-electron chi connectivity index (χ3n) is 3.27. The average molecular weight is 359 g/mol. The van der Waals surface area contributed by atoms with E-state index >= 15 is 0 Å². The van der Waals surface area contributed by atoms with Crippen LogP contribution in [0, 0.1) is 6.92 Å². The van der Waals surface area contributed by atoms with Crippen LogP contribution in [0.5, 0.6) is 5.75 Å². The van der Waals surface area contributed by atoms with Gasteiger partial charge in [-0.15, -0.1) is 11.3 Å². The molecule has 122 valence electrons. The number of benzene rings is 2. The van der Waals surface area contributed by atoms with E-state index in [0.29, 0.717) is 10.8 Å². The molecular weight excluding hydrogens is 344 g/mol. The number of hydrogen-bond donors (Lipinski definition) is 1. The number of ether oxygens (including phenoxy) is 1. The van der Waals surface area contributed by atoms with Crippen LogP contribution in [0.1, 0.15) is 5.01 Å². The van der Waals surface area contributed by atoms with Gasteiger partial charge in [-0.05, 0) is 43.3 Å². The summed E-state index contributed by atoms with van der Waals surface area (Å²) in [7, 11) is 0. The maximum atomic E-state index is 11.9. The third kappa shape index (κ3) is 4.34. The zero-order chi connectivity index (χ0) is 16.9. The molecule has 1 amide bonds. The predicted molar refractivity (Wildman–Crippen MR) is 97.9 cm³/mol. The van der Waals surface area contributed by atoms with Gasteiger partial charge in [0, 0.05) is 21.7 Å². The number of halogens is 1. The summed E-state index contributed by atoms with van der Waals surface area (Å²) in [6.07, 6.45) is 0. The molecule has 0 saturated carbocycles. The summed E-state index contributed by atoms with van der Waals surface area (Å²) in [5.74, 6) is 0.381. The smallest absolute Gasteiger partial charge is 0.262 e. The number of nitrogens with zero attached hydrogens (tertiary/aromatic N) is 1. The molecule has 1 aromatic heterocycles. The molecule has 3 rings (SSSR count). The lowest BCUT2D eigenvalue weighted by molar-refractivity contribution is -0.118. The van der Waals surface area contributed by atoms with Crippen molar-refractivity contribution in [3.8, 4) is 17.0 Å². The van der Waals surface area contributed by atoms with E-state index in [1.807, 2.05) is 36.6 Å². The van der Waals surface area contributed by atoms with Crippen LogP contribution in [0.15, 0.2) is 53.9 Å². The third-order valence-corrected chi connectivity index (χ3v) is 4.29. The first-order chi connectivity index (χ1) is 11.6. The second kappa shape index (κ2) is 7.47. The summed E-state index contributed by atoms with van der Waals surface area (Å²) in [5, 5.41) is 6.47. The summed E-state index contributed by atoms with van der Waals surface area (Å²) in [5.41, 5.74) is 2.69. The van der Waals surface area contributed by atoms with Crippen LogP contribution >= 0.6 is 22.9 Å². The summed E-state index contributed by atoms with van der Waals surface area (Å²) in [4.78, 5) is 16.4. The van der Waals surface area contributed by atoms with Crippen LogP contribution < -0.4 is 10.1 Å². The molecule has 0 aliphatic carbocycles. The molecule has 6 heteroatoms. The van der Waals surface area contributed by atoms with E-state index in [-0.39, 0.29) is 12.5 Å². The highest BCUT2D eigenvalue weighted by Gasteiger charge is 2.06. The van der Waals surface area contributed by atoms with Crippen molar-refractivity contribution in [2.75, 3.05) is 11.9 Å². The van der Waals surface area contributed by atoms with Gasteiger partial charge in [0.05, 0.1) is 10.7 Å². The van der Waals surface area contributed by atoms with E-state index in [4.69, 9.17) is 16.3 Å². The standard InChI is InChI=1S/C18H15ClN2O2S/c1-12-20-17(11-24-12)13-2-6-15(7-3-13)21-18(22)10-23-16-8-4-14(19)5-9-16/h2-9,11H,10H2,1H3,(H,21,22). The molecule has 0 saturated heterocycles. The molecule has 1 N–H and O–H groups in total. The Kier molecular flexibility index (Phi) is 5.13. The van der Waals surface area contributed by atoms with Crippen LogP contribution in [0.25, 0.3) is 11.3 Å². The largest absolute Gasteiger partial charge is 0.484 e. The molecule has 2 aromatic carbocycles. The van der Waals surface area contributed by atoms with Gasteiger partial charge in [-0.1, -0.05) is 23.7 Å². The minimum Gasteiger partial charge on any atom is -0.484 e. The van der Waals surface area contributed by atoms with Gasteiger partial charge in [0.25, 0.3) is 5.91 Å². The lowest BCUT2D eigenvalue weighted by atomic mass is 10.1. The number of nitrogens with one attached hydrogen (secondary N) is 1. The van der Waals surface area contributed by atoms with Gasteiger partial charge in [-0.25, -0.2) is 4.98 Å². The fourth-order valence-corrected chi connectivity index (χ4v) is 2.85. The average Bonchev–Trinajstić information content (AvgIpc) is 3.01. The topological polar surface area (TPSA) is 51.2 Å². The van der Waals surface area contributed by atoms with Gasteiger partial charge in [-0.3, -0.25) is 4.79 Å². The zero-order valence-corrected chi connectivity index (χ0v) is 14.5. The lowest BCUT2D eigenvalue weighted by Crippen LogP contribution is -2.20. The maximum absolute atomic E-state index is 11.9. The number of hydrogen-bond acceptors (Lipinski definition) is 4. The van der Waals surface area contributed by atoms with Crippen molar-refractivity contribution in [3.05, 3.63) is 63.9 Å². The van der Waals surface area contributed by atoms with Gasteiger partial charge >= 0.3 is 0 Å². The van der Waals surface area contributed by atoms with E-state index in [2.05, 4.69) is 10.3 Å². The minimum atomic E-state index is -0.220. The summed E-state index contributed by atoms with van der Waals surface area (Å²) in [6.45, 7) is 1.91. The van der Waals surface area contributed by atoms with Crippen LogP contribution in [0.2, 0.25) is 5.02 Å². The molecule has 0 aliphatic rings. The first-order valence-corrected chi connectivity index (χ1v) is 8.57. The van der Waals surface area contributed by atoms with E-state index in [0.717, 1.165) is 22.0 Å². The number of aryl methyl sites for hydroxylation is 1. The van der Waals surface area contributed by atoms with Crippen molar-refractivity contribution in [3.63, 3.8) is 0 Å². The molecule has 0 fully saturated rings. The number of rotatable bonds is 5. The normalized spacial score (nSPS) is 10.4. The summed E-state index contributed by atoms with van der Waals surface area (Å²) in [6, 6.07) is 14.4. The van der Waals surface area contributed by atoms with Crippen LogP contribution in [0.3, 0.4) is 0 Å².